The number of piperazine rings is 1. The van der Waals surface area contributed by atoms with Crippen LogP contribution in [0.15, 0.2) is 0 Å². The second-order valence-electron chi connectivity index (χ2n) is 3.13. The van der Waals surface area contributed by atoms with E-state index in [0.717, 1.165) is 0 Å². The molecule has 2 N–H and O–H groups in total. The molecule has 2 atom stereocenters. The minimum Gasteiger partial charge on any atom is -0.343 e. The topological polar surface area (TPSA) is 67.4 Å². The summed E-state index contributed by atoms with van der Waals surface area (Å²) in [5, 5.41) is 5.33. The van der Waals surface area contributed by atoms with Crippen molar-refractivity contribution in [3.8, 4) is 0 Å². The molecular weight excluding hydrogens is 299 g/mol. The van der Waals surface area contributed by atoms with Crippen LogP contribution in [0.3, 0.4) is 0 Å². The summed E-state index contributed by atoms with van der Waals surface area (Å²) in [7, 11) is 0. The van der Waals surface area contributed by atoms with Crippen molar-refractivity contribution in [3.63, 3.8) is 0 Å². The molecule has 80 valence electrons. The fraction of sp³-hybridized carbons (Fsp3) is 0.750. The van der Waals surface area contributed by atoms with Crippen molar-refractivity contribution in [2.45, 2.75) is 31.8 Å². The monoisotopic (exact) mass is 312 g/mol. The van der Waals surface area contributed by atoms with Gasteiger partial charge >= 0.3 is 0 Å². The Morgan fingerprint density at radius 3 is 2.43 bits per heavy atom. The first kappa shape index (κ1) is 11.7. The highest BCUT2D eigenvalue weighted by molar-refractivity contribution is 14.1. The van der Waals surface area contributed by atoms with Crippen molar-refractivity contribution >= 4 is 34.8 Å². The molecule has 0 aromatic rings. The first-order chi connectivity index (χ1) is 6.69. The fourth-order valence-electron chi connectivity index (χ4n) is 1.33. The van der Waals surface area contributed by atoms with Gasteiger partial charge in [-0.05, 0) is 6.42 Å². The van der Waals surface area contributed by atoms with Gasteiger partial charge in [0.05, 0.1) is 6.61 Å². The Morgan fingerprint density at radius 1 is 1.29 bits per heavy atom. The molecule has 0 unspecified atom stereocenters. The molecule has 1 fully saturated rings. The van der Waals surface area contributed by atoms with Gasteiger partial charge in [0.2, 0.25) is 11.8 Å². The number of hydrogen-bond acceptors (Lipinski definition) is 3. The predicted octanol–water partition coefficient (Wildman–Crippen LogP) is 0.136. The van der Waals surface area contributed by atoms with Gasteiger partial charge in [-0.2, -0.15) is 0 Å². The predicted molar refractivity (Wildman–Crippen MR) is 58.7 cm³/mol. The van der Waals surface area contributed by atoms with E-state index >= 15 is 0 Å². The van der Waals surface area contributed by atoms with Gasteiger partial charge in [-0.3, -0.25) is 9.59 Å². The van der Waals surface area contributed by atoms with Crippen LogP contribution in [-0.2, 0) is 12.7 Å². The van der Waals surface area contributed by atoms with Gasteiger partial charge in [0.1, 0.15) is 35.1 Å². The molecule has 0 aromatic heterocycles. The van der Waals surface area contributed by atoms with Crippen molar-refractivity contribution in [1.82, 2.24) is 10.6 Å². The molecule has 1 saturated heterocycles. The molecule has 1 rings (SSSR count). The molecule has 1 aliphatic heterocycles. The van der Waals surface area contributed by atoms with Crippen LogP contribution in [0.25, 0.3) is 0 Å². The average Bonchev–Trinajstić information content (AvgIpc) is 2.18. The summed E-state index contributed by atoms with van der Waals surface area (Å²) in [4.78, 5) is 22.8. The Kier molecular flexibility index (Phi) is 4.59. The summed E-state index contributed by atoms with van der Waals surface area (Å²) in [5.41, 5.74) is 0. The van der Waals surface area contributed by atoms with E-state index in [-0.39, 0.29) is 17.9 Å². The van der Waals surface area contributed by atoms with Gasteiger partial charge in [0.15, 0.2) is 0 Å². The minimum atomic E-state index is -0.444. The number of carbonyl (C=O) groups is 2. The van der Waals surface area contributed by atoms with E-state index in [1.807, 2.05) is 6.92 Å². The van der Waals surface area contributed by atoms with Gasteiger partial charge in [-0.15, -0.1) is 0 Å². The van der Waals surface area contributed by atoms with Gasteiger partial charge in [-0.25, -0.2) is 0 Å². The Hall–Kier alpha value is -0.370. The zero-order valence-electron chi connectivity index (χ0n) is 7.88. The number of hydrogen-bond donors (Lipinski definition) is 2. The van der Waals surface area contributed by atoms with E-state index in [4.69, 9.17) is 3.07 Å². The van der Waals surface area contributed by atoms with Crippen LogP contribution in [0.4, 0.5) is 0 Å². The third-order valence-corrected chi connectivity index (χ3v) is 2.60. The number of nitrogens with one attached hydrogen (secondary N) is 2. The molecule has 0 aromatic carbocycles. The van der Waals surface area contributed by atoms with Crippen LogP contribution in [-0.4, -0.2) is 30.5 Å². The molecule has 6 heteroatoms. The van der Waals surface area contributed by atoms with Crippen molar-refractivity contribution in [2.24, 2.45) is 0 Å². The van der Waals surface area contributed by atoms with E-state index in [1.165, 1.54) is 0 Å². The largest absolute Gasteiger partial charge is 0.343 e. The lowest BCUT2D eigenvalue weighted by atomic mass is 10.1. The van der Waals surface area contributed by atoms with Crippen LogP contribution >= 0.6 is 23.0 Å². The Labute approximate surface area is 96.6 Å². The summed E-state index contributed by atoms with van der Waals surface area (Å²) in [6.45, 7) is 2.31. The van der Waals surface area contributed by atoms with Crippen LogP contribution < -0.4 is 10.6 Å². The standard InChI is InChI=1S/C8H13IN2O3/c1-2-5-7(12)11-6(3-4-14-9)8(13)10-5/h5-6H,2-4H2,1H3,(H,10,13)(H,11,12)/t5-,6+/m1/s1. The minimum absolute atomic E-state index is 0.106. The van der Waals surface area contributed by atoms with Crippen molar-refractivity contribution < 1.29 is 12.7 Å². The Morgan fingerprint density at radius 2 is 1.86 bits per heavy atom. The summed E-state index contributed by atoms with van der Waals surface area (Å²) in [6, 6.07) is -0.820. The summed E-state index contributed by atoms with van der Waals surface area (Å²) >= 11 is 1.76. The Balaban J connectivity index is 2.49. The first-order valence-electron chi connectivity index (χ1n) is 4.53. The van der Waals surface area contributed by atoms with Crippen LogP contribution in [0.5, 0.6) is 0 Å². The lowest BCUT2D eigenvalue weighted by Gasteiger charge is -2.28. The number of halogens is 1. The van der Waals surface area contributed by atoms with Crippen LogP contribution in [0, 0.1) is 0 Å². The molecule has 0 bridgehead atoms. The summed E-state index contributed by atoms with van der Waals surface area (Å²) in [6.07, 6.45) is 1.13. The van der Waals surface area contributed by atoms with Crippen molar-refractivity contribution in [2.75, 3.05) is 6.61 Å². The molecule has 14 heavy (non-hydrogen) atoms. The molecule has 0 radical (unpaired) electrons. The second-order valence-corrected chi connectivity index (χ2v) is 3.76. The van der Waals surface area contributed by atoms with Gasteiger partial charge in [0, 0.05) is 6.42 Å². The highest BCUT2D eigenvalue weighted by Crippen LogP contribution is 2.04. The molecule has 0 spiro atoms. The maximum atomic E-state index is 11.4. The third-order valence-electron chi connectivity index (χ3n) is 2.16. The van der Waals surface area contributed by atoms with E-state index in [9.17, 15) is 9.59 Å². The van der Waals surface area contributed by atoms with Crippen LogP contribution in [0.2, 0.25) is 0 Å². The lowest BCUT2D eigenvalue weighted by molar-refractivity contribution is -0.137. The molecule has 0 saturated carbocycles. The lowest BCUT2D eigenvalue weighted by Crippen LogP contribution is -2.61. The van der Waals surface area contributed by atoms with Gasteiger partial charge in [0.25, 0.3) is 0 Å². The molecule has 5 nitrogen and oxygen atoms in total. The second kappa shape index (κ2) is 5.50. The van der Waals surface area contributed by atoms with Crippen molar-refractivity contribution in [1.29, 1.82) is 0 Å². The summed E-state index contributed by atoms with van der Waals surface area (Å²) in [5.74, 6) is -0.226. The van der Waals surface area contributed by atoms with E-state index in [0.29, 0.717) is 19.4 Å². The quantitative estimate of drug-likeness (QED) is 0.726. The molecular formula is C8H13IN2O3. The number of amides is 2. The normalized spacial score (nSPS) is 27.0. The number of rotatable bonds is 4. The average molecular weight is 312 g/mol. The molecule has 2 amide bonds. The van der Waals surface area contributed by atoms with E-state index in [1.54, 1.807) is 23.0 Å². The van der Waals surface area contributed by atoms with E-state index in [2.05, 4.69) is 10.6 Å². The smallest absolute Gasteiger partial charge is 0.243 e. The SMILES string of the molecule is CC[C@H]1NC(=O)[C@H](CCOI)NC1=O. The zero-order valence-corrected chi connectivity index (χ0v) is 10.0. The summed E-state index contributed by atoms with van der Waals surface area (Å²) < 4.78 is 4.82. The van der Waals surface area contributed by atoms with Gasteiger partial charge < -0.3 is 13.7 Å². The zero-order chi connectivity index (χ0) is 10.6. The maximum Gasteiger partial charge on any atom is 0.243 e. The maximum absolute atomic E-state index is 11.4. The van der Waals surface area contributed by atoms with Crippen molar-refractivity contribution in [3.05, 3.63) is 0 Å². The van der Waals surface area contributed by atoms with E-state index < -0.39 is 6.04 Å². The number of carbonyl (C=O) groups excluding carboxylic acids is 2. The third kappa shape index (κ3) is 2.81. The Bertz CT molecular complexity index is 235. The van der Waals surface area contributed by atoms with Crippen LogP contribution in [0.1, 0.15) is 19.8 Å². The highest BCUT2D eigenvalue weighted by Gasteiger charge is 2.31. The van der Waals surface area contributed by atoms with Gasteiger partial charge in [-0.1, -0.05) is 6.92 Å². The molecule has 1 aliphatic rings. The first-order valence-corrected chi connectivity index (χ1v) is 5.41. The molecule has 0 aliphatic carbocycles. The highest BCUT2D eigenvalue weighted by atomic mass is 127. The fourth-order valence-corrected chi connectivity index (χ4v) is 1.58. The molecule has 1 heterocycles.